The Morgan fingerprint density at radius 2 is 1.35 bits per heavy atom. The standard InChI is InChI=1S/C20H21NO5/c21-16-11-15(12-22)17(25-19(23)13-7-3-1-4-8-13)18(16)26-20(24)14-9-5-2-6-10-14/h1-10,15-18,22H,11-12,21H2/t15-,16+,17-,18-/m1/s1. The Kier molecular flexibility index (Phi) is 5.65. The molecule has 136 valence electrons. The van der Waals surface area contributed by atoms with E-state index in [0.29, 0.717) is 17.5 Å². The summed E-state index contributed by atoms with van der Waals surface area (Å²) in [6, 6.07) is 16.5. The summed E-state index contributed by atoms with van der Waals surface area (Å²) in [7, 11) is 0. The van der Waals surface area contributed by atoms with Crippen LogP contribution < -0.4 is 5.73 Å². The summed E-state index contributed by atoms with van der Waals surface area (Å²) < 4.78 is 11.1. The van der Waals surface area contributed by atoms with Gasteiger partial charge in [0.2, 0.25) is 0 Å². The van der Waals surface area contributed by atoms with E-state index in [2.05, 4.69) is 0 Å². The summed E-state index contributed by atoms with van der Waals surface area (Å²) in [5, 5.41) is 9.62. The molecule has 0 heterocycles. The minimum absolute atomic E-state index is 0.209. The number of aliphatic hydroxyl groups is 1. The maximum Gasteiger partial charge on any atom is 0.338 e. The van der Waals surface area contributed by atoms with Crippen LogP contribution in [0.1, 0.15) is 27.1 Å². The first-order valence-electron chi connectivity index (χ1n) is 8.48. The zero-order valence-electron chi connectivity index (χ0n) is 14.2. The third-order valence-electron chi connectivity index (χ3n) is 4.53. The van der Waals surface area contributed by atoms with Gasteiger partial charge >= 0.3 is 11.9 Å². The molecule has 4 atom stereocenters. The maximum absolute atomic E-state index is 12.4. The van der Waals surface area contributed by atoms with E-state index in [1.807, 2.05) is 0 Å². The second-order valence-electron chi connectivity index (χ2n) is 6.31. The average molecular weight is 355 g/mol. The summed E-state index contributed by atoms with van der Waals surface area (Å²) in [6.07, 6.45) is -1.21. The van der Waals surface area contributed by atoms with E-state index in [-0.39, 0.29) is 12.5 Å². The molecule has 0 bridgehead atoms. The van der Waals surface area contributed by atoms with Crippen LogP contribution >= 0.6 is 0 Å². The molecule has 0 unspecified atom stereocenters. The topological polar surface area (TPSA) is 98.9 Å². The molecule has 0 spiro atoms. The van der Waals surface area contributed by atoms with Crippen LogP contribution in [0.3, 0.4) is 0 Å². The molecule has 26 heavy (non-hydrogen) atoms. The largest absolute Gasteiger partial charge is 0.454 e. The molecule has 3 N–H and O–H groups in total. The molecule has 0 radical (unpaired) electrons. The van der Waals surface area contributed by atoms with Gasteiger partial charge in [-0.05, 0) is 30.7 Å². The van der Waals surface area contributed by atoms with Crippen molar-refractivity contribution in [2.45, 2.75) is 24.7 Å². The van der Waals surface area contributed by atoms with Gasteiger partial charge in [-0.2, -0.15) is 0 Å². The highest BCUT2D eigenvalue weighted by molar-refractivity contribution is 5.90. The lowest BCUT2D eigenvalue weighted by Gasteiger charge is -2.25. The zero-order chi connectivity index (χ0) is 18.5. The molecule has 0 aliphatic heterocycles. The normalized spacial score (nSPS) is 24.8. The van der Waals surface area contributed by atoms with E-state index in [0.717, 1.165) is 0 Å². The van der Waals surface area contributed by atoms with Crippen molar-refractivity contribution < 1.29 is 24.2 Å². The Bertz CT molecular complexity index is 749. The summed E-state index contributed by atoms with van der Waals surface area (Å²) in [5.41, 5.74) is 6.87. The number of aliphatic hydroxyl groups excluding tert-OH is 1. The monoisotopic (exact) mass is 355 g/mol. The molecule has 1 fully saturated rings. The number of esters is 2. The molecule has 1 aliphatic carbocycles. The molecule has 6 nitrogen and oxygen atoms in total. The molecule has 0 amide bonds. The first kappa shape index (κ1) is 18.1. The van der Waals surface area contributed by atoms with E-state index in [1.54, 1.807) is 60.7 Å². The van der Waals surface area contributed by atoms with Crippen molar-refractivity contribution in [3.63, 3.8) is 0 Å². The van der Waals surface area contributed by atoms with Crippen LogP contribution in [0.25, 0.3) is 0 Å². The van der Waals surface area contributed by atoms with Crippen LogP contribution in [-0.4, -0.2) is 41.9 Å². The van der Waals surface area contributed by atoms with Gasteiger partial charge in [-0.3, -0.25) is 0 Å². The van der Waals surface area contributed by atoms with Gasteiger partial charge in [0, 0.05) is 18.6 Å². The van der Waals surface area contributed by atoms with Crippen LogP contribution in [0.5, 0.6) is 0 Å². The molecule has 3 rings (SSSR count). The van der Waals surface area contributed by atoms with E-state index >= 15 is 0 Å². The molecule has 6 heteroatoms. The number of rotatable bonds is 5. The highest BCUT2D eigenvalue weighted by Gasteiger charge is 2.46. The fourth-order valence-electron chi connectivity index (χ4n) is 3.16. The SMILES string of the molecule is N[C@H]1C[C@H](CO)[C@@H](OC(=O)c2ccccc2)[C@@H]1OC(=O)c1ccccc1. The highest BCUT2D eigenvalue weighted by atomic mass is 16.6. The maximum atomic E-state index is 12.4. The molecule has 2 aromatic rings. The van der Waals surface area contributed by atoms with Gasteiger partial charge in [0.05, 0.1) is 11.1 Å². The van der Waals surface area contributed by atoms with Crippen molar-refractivity contribution >= 4 is 11.9 Å². The van der Waals surface area contributed by atoms with Crippen molar-refractivity contribution in [2.75, 3.05) is 6.61 Å². The van der Waals surface area contributed by atoms with Gasteiger partial charge in [0.25, 0.3) is 0 Å². The number of ether oxygens (including phenoxy) is 2. The summed E-state index contributed by atoms with van der Waals surface area (Å²) >= 11 is 0. The molecule has 0 saturated heterocycles. The van der Waals surface area contributed by atoms with Crippen LogP contribution in [0.2, 0.25) is 0 Å². The number of nitrogens with two attached hydrogens (primary N) is 1. The predicted molar refractivity (Wildman–Crippen MR) is 94.5 cm³/mol. The highest BCUT2D eigenvalue weighted by Crippen LogP contribution is 2.31. The fourth-order valence-corrected chi connectivity index (χ4v) is 3.16. The summed E-state index contributed by atoms with van der Waals surface area (Å²) in [6.45, 7) is -0.209. The minimum atomic E-state index is -0.812. The lowest BCUT2D eigenvalue weighted by Crippen LogP contribution is -2.42. The number of benzene rings is 2. The number of carbonyl (C=O) groups excluding carboxylic acids is 2. The van der Waals surface area contributed by atoms with Crippen molar-refractivity contribution in [2.24, 2.45) is 11.7 Å². The van der Waals surface area contributed by atoms with Gasteiger partial charge in [0.15, 0.2) is 6.10 Å². The van der Waals surface area contributed by atoms with Crippen molar-refractivity contribution in [1.29, 1.82) is 0 Å². The summed E-state index contributed by atoms with van der Waals surface area (Å²) in [5.74, 6) is -1.46. The lowest BCUT2D eigenvalue weighted by atomic mass is 10.1. The molecule has 2 aromatic carbocycles. The molecule has 1 saturated carbocycles. The first-order valence-corrected chi connectivity index (χ1v) is 8.48. The lowest BCUT2D eigenvalue weighted by molar-refractivity contribution is -0.0433. The smallest absolute Gasteiger partial charge is 0.338 e. The number of carbonyl (C=O) groups is 2. The van der Waals surface area contributed by atoms with Crippen molar-refractivity contribution in [1.82, 2.24) is 0 Å². The second kappa shape index (κ2) is 8.12. The van der Waals surface area contributed by atoms with E-state index in [1.165, 1.54) is 0 Å². The van der Waals surface area contributed by atoms with Gasteiger partial charge in [-0.15, -0.1) is 0 Å². The van der Waals surface area contributed by atoms with Gasteiger partial charge in [0.1, 0.15) is 6.10 Å². The zero-order valence-corrected chi connectivity index (χ0v) is 14.2. The molecule has 1 aliphatic rings. The number of hydrogen-bond acceptors (Lipinski definition) is 6. The van der Waals surface area contributed by atoms with Gasteiger partial charge in [-0.1, -0.05) is 36.4 Å². The van der Waals surface area contributed by atoms with E-state index in [9.17, 15) is 14.7 Å². The number of hydrogen-bond donors (Lipinski definition) is 2. The second-order valence-corrected chi connectivity index (χ2v) is 6.31. The van der Waals surface area contributed by atoms with Crippen molar-refractivity contribution in [3.05, 3.63) is 71.8 Å². The third-order valence-corrected chi connectivity index (χ3v) is 4.53. The molecular weight excluding hydrogens is 334 g/mol. The third kappa shape index (κ3) is 3.92. The van der Waals surface area contributed by atoms with Crippen LogP contribution in [0.4, 0.5) is 0 Å². The Balaban J connectivity index is 1.76. The van der Waals surface area contributed by atoms with Crippen LogP contribution in [0, 0.1) is 5.92 Å². The predicted octanol–water partition coefficient (Wildman–Crippen LogP) is 1.78. The quantitative estimate of drug-likeness (QED) is 0.793. The fraction of sp³-hybridized carbons (Fsp3) is 0.300. The minimum Gasteiger partial charge on any atom is -0.454 e. The molecular formula is C20H21NO5. The molecule has 0 aromatic heterocycles. The van der Waals surface area contributed by atoms with E-state index < -0.39 is 30.2 Å². The Hall–Kier alpha value is -2.70. The Morgan fingerprint density at radius 3 is 1.81 bits per heavy atom. The van der Waals surface area contributed by atoms with Crippen LogP contribution in [-0.2, 0) is 9.47 Å². The van der Waals surface area contributed by atoms with Crippen LogP contribution in [0.15, 0.2) is 60.7 Å². The Labute approximate surface area is 151 Å². The van der Waals surface area contributed by atoms with Crippen molar-refractivity contribution in [3.8, 4) is 0 Å². The van der Waals surface area contributed by atoms with Gasteiger partial charge in [-0.25, -0.2) is 9.59 Å². The van der Waals surface area contributed by atoms with Gasteiger partial charge < -0.3 is 20.3 Å². The van der Waals surface area contributed by atoms with E-state index in [4.69, 9.17) is 15.2 Å². The summed E-state index contributed by atoms with van der Waals surface area (Å²) in [4.78, 5) is 24.7. The average Bonchev–Trinajstić information content (AvgIpc) is 2.98. The first-order chi connectivity index (χ1) is 12.6. The Morgan fingerprint density at radius 1 is 0.885 bits per heavy atom.